The van der Waals surface area contributed by atoms with Crippen LogP contribution in [0.25, 0.3) is 0 Å². The molecule has 1 heterocycles. The molecule has 0 aromatic heterocycles. The van der Waals surface area contributed by atoms with Gasteiger partial charge in [-0.05, 0) is 18.1 Å². The van der Waals surface area contributed by atoms with Crippen LogP contribution in [0.15, 0.2) is 24.3 Å². The average molecular weight is 239 g/mol. The van der Waals surface area contributed by atoms with Crippen molar-refractivity contribution in [2.24, 2.45) is 0 Å². The molecular formula is C11H11ClN2O2. The fourth-order valence-electron chi connectivity index (χ4n) is 1.71. The molecule has 1 aromatic rings. The van der Waals surface area contributed by atoms with Crippen molar-refractivity contribution < 1.29 is 9.59 Å². The molecule has 4 nitrogen and oxygen atoms in total. The SMILES string of the molecule is O=C(CCl)NN1CCc2ccccc2C1=O. The van der Waals surface area contributed by atoms with Crippen molar-refractivity contribution in [1.82, 2.24) is 10.4 Å². The van der Waals surface area contributed by atoms with Crippen molar-refractivity contribution in [3.8, 4) is 0 Å². The zero-order chi connectivity index (χ0) is 11.5. The van der Waals surface area contributed by atoms with Crippen LogP contribution in [0, 0.1) is 0 Å². The maximum atomic E-state index is 11.9. The number of nitrogens with one attached hydrogen (secondary N) is 1. The van der Waals surface area contributed by atoms with Crippen LogP contribution in [-0.4, -0.2) is 29.2 Å². The fraction of sp³-hybridized carbons (Fsp3) is 0.273. The highest BCUT2D eigenvalue weighted by Crippen LogP contribution is 2.16. The van der Waals surface area contributed by atoms with Crippen molar-refractivity contribution in [2.45, 2.75) is 6.42 Å². The second-order valence-electron chi connectivity index (χ2n) is 3.53. The molecule has 0 saturated heterocycles. The van der Waals surface area contributed by atoms with Gasteiger partial charge >= 0.3 is 0 Å². The first-order valence-corrected chi connectivity index (χ1v) is 5.51. The summed E-state index contributed by atoms with van der Waals surface area (Å²) >= 11 is 5.37. The van der Waals surface area contributed by atoms with E-state index >= 15 is 0 Å². The van der Waals surface area contributed by atoms with E-state index in [1.54, 1.807) is 6.07 Å². The van der Waals surface area contributed by atoms with Crippen LogP contribution in [0.5, 0.6) is 0 Å². The van der Waals surface area contributed by atoms with Crippen LogP contribution >= 0.6 is 11.6 Å². The molecule has 5 heteroatoms. The predicted molar refractivity (Wildman–Crippen MR) is 60.0 cm³/mol. The number of benzene rings is 1. The summed E-state index contributed by atoms with van der Waals surface area (Å²) < 4.78 is 0. The molecule has 84 valence electrons. The number of carbonyl (C=O) groups excluding carboxylic acids is 2. The van der Waals surface area contributed by atoms with Gasteiger partial charge in [0.25, 0.3) is 11.8 Å². The average Bonchev–Trinajstić information content (AvgIpc) is 2.33. The number of hydrazine groups is 1. The number of rotatable bonds is 2. The Balaban J connectivity index is 2.18. The maximum Gasteiger partial charge on any atom is 0.272 e. The van der Waals surface area contributed by atoms with E-state index in [0.29, 0.717) is 12.1 Å². The number of fused-ring (bicyclic) bond motifs is 1. The summed E-state index contributed by atoms with van der Waals surface area (Å²) in [6.07, 6.45) is 0.741. The lowest BCUT2D eigenvalue weighted by atomic mass is 10.0. The van der Waals surface area contributed by atoms with Crippen molar-refractivity contribution in [3.05, 3.63) is 35.4 Å². The van der Waals surface area contributed by atoms with Crippen molar-refractivity contribution in [3.63, 3.8) is 0 Å². The zero-order valence-corrected chi connectivity index (χ0v) is 9.33. The quantitative estimate of drug-likeness (QED) is 0.780. The number of carbonyl (C=O) groups is 2. The Bertz CT molecular complexity index is 434. The van der Waals surface area contributed by atoms with Gasteiger partial charge in [0.1, 0.15) is 5.88 Å². The van der Waals surface area contributed by atoms with Crippen LogP contribution in [0.1, 0.15) is 15.9 Å². The summed E-state index contributed by atoms with van der Waals surface area (Å²) in [7, 11) is 0. The van der Waals surface area contributed by atoms with Gasteiger partial charge in [-0.15, -0.1) is 11.6 Å². The van der Waals surface area contributed by atoms with Crippen molar-refractivity contribution in [2.75, 3.05) is 12.4 Å². The lowest BCUT2D eigenvalue weighted by Crippen LogP contribution is -2.49. The third-order valence-electron chi connectivity index (χ3n) is 2.48. The lowest BCUT2D eigenvalue weighted by molar-refractivity contribution is -0.122. The minimum Gasteiger partial charge on any atom is -0.272 e. The highest BCUT2D eigenvalue weighted by Gasteiger charge is 2.24. The Morgan fingerprint density at radius 1 is 1.44 bits per heavy atom. The molecule has 0 saturated carbocycles. The molecule has 1 aliphatic rings. The first-order chi connectivity index (χ1) is 7.72. The number of amides is 2. The number of nitrogens with zero attached hydrogens (tertiary/aromatic N) is 1. The smallest absolute Gasteiger partial charge is 0.272 e. The molecule has 1 aromatic carbocycles. The zero-order valence-electron chi connectivity index (χ0n) is 8.57. The number of alkyl halides is 1. The summed E-state index contributed by atoms with van der Waals surface area (Å²) in [6.45, 7) is 0.485. The van der Waals surface area contributed by atoms with Gasteiger partial charge in [-0.1, -0.05) is 18.2 Å². The fourth-order valence-corrected chi connectivity index (χ4v) is 1.77. The van der Waals surface area contributed by atoms with Crippen LogP contribution in [-0.2, 0) is 11.2 Å². The second-order valence-corrected chi connectivity index (χ2v) is 3.80. The van der Waals surface area contributed by atoms with Gasteiger partial charge in [0, 0.05) is 12.1 Å². The number of hydrogen-bond donors (Lipinski definition) is 1. The molecule has 0 spiro atoms. The Morgan fingerprint density at radius 2 is 2.19 bits per heavy atom. The van der Waals surface area contributed by atoms with Gasteiger partial charge in [-0.2, -0.15) is 0 Å². The molecule has 1 N–H and O–H groups in total. The van der Waals surface area contributed by atoms with Crippen LogP contribution in [0.2, 0.25) is 0 Å². The Morgan fingerprint density at radius 3 is 2.94 bits per heavy atom. The first kappa shape index (κ1) is 11.0. The predicted octanol–water partition coefficient (Wildman–Crippen LogP) is 0.955. The summed E-state index contributed by atoms with van der Waals surface area (Å²) in [5.41, 5.74) is 4.13. The number of hydrogen-bond acceptors (Lipinski definition) is 2. The van der Waals surface area contributed by atoms with E-state index in [4.69, 9.17) is 11.6 Å². The first-order valence-electron chi connectivity index (χ1n) is 4.97. The van der Waals surface area contributed by atoms with E-state index in [2.05, 4.69) is 5.43 Å². The second kappa shape index (κ2) is 4.53. The van der Waals surface area contributed by atoms with Crippen LogP contribution in [0.4, 0.5) is 0 Å². The Kier molecular flexibility index (Phi) is 3.10. The molecular weight excluding hydrogens is 228 g/mol. The third kappa shape index (κ3) is 2.02. The van der Waals surface area contributed by atoms with Gasteiger partial charge in [0.05, 0.1) is 0 Å². The highest BCUT2D eigenvalue weighted by atomic mass is 35.5. The molecule has 2 rings (SSSR count). The van der Waals surface area contributed by atoms with E-state index in [-0.39, 0.29) is 17.7 Å². The topological polar surface area (TPSA) is 49.4 Å². The van der Waals surface area contributed by atoms with E-state index in [1.807, 2.05) is 18.2 Å². The Hall–Kier alpha value is -1.55. The maximum absolute atomic E-state index is 11.9. The lowest BCUT2D eigenvalue weighted by Gasteiger charge is -2.28. The van der Waals surface area contributed by atoms with E-state index in [1.165, 1.54) is 5.01 Å². The summed E-state index contributed by atoms with van der Waals surface area (Å²) in [5, 5.41) is 1.31. The third-order valence-corrected chi connectivity index (χ3v) is 2.72. The van der Waals surface area contributed by atoms with Crippen LogP contribution < -0.4 is 5.43 Å². The number of halogens is 1. The Labute approximate surface area is 98.2 Å². The molecule has 0 fully saturated rings. The van der Waals surface area contributed by atoms with Crippen molar-refractivity contribution >= 4 is 23.4 Å². The highest BCUT2D eigenvalue weighted by molar-refractivity contribution is 6.27. The summed E-state index contributed by atoms with van der Waals surface area (Å²) in [5.74, 6) is -0.694. The molecule has 0 unspecified atom stereocenters. The summed E-state index contributed by atoms with van der Waals surface area (Å²) in [6, 6.07) is 7.40. The normalized spacial score (nSPS) is 14.6. The molecule has 16 heavy (non-hydrogen) atoms. The van der Waals surface area contributed by atoms with Gasteiger partial charge in [0.15, 0.2) is 0 Å². The van der Waals surface area contributed by atoms with Gasteiger partial charge in [-0.3, -0.25) is 15.0 Å². The van der Waals surface area contributed by atoms with Crippen LogP contribution in [0.3, 0.4) is 0 Å². The monoisotopic (exact) mass is 238 g/mol. The largest absolute Gasteiger partial charge is 0.272 e. The standard InChI is InChI=1S/C11H11ClN2O2/c12-7-10(15)13-14-6-5-8-3-1-2-4-9(8)11(14)16/h1-4H,5-7H2,(H,13,15). The molecule has 0 atom stereocenters. The van der Waals surface area contributed by atoms with E-state index in [0.717, 1.165) is 12.0 Å². The minimum atomic E-state index is -0.366. The van der Waals surface area contributed by atoms with Crippen molar-refractivity contribution in [1.29, 1.82) is 0 Å². The molecule has 0 aliphatic carbocycles. The molecule has 1 aliphatic heterocycles. The van der Waals surface area contributed by atoms with E-state index < -0.39 is 0 Å². The van der Waals surface area contributed by atoms with E-state index in [9.17, 15) is 9.59 Å². The molecule has 0 bridgehead atoms. The minimum absolute atomic E-state index is 0.147. The summed E-state index contributed by atoms with van der Waals surface area (Å²) in [4.78, 5) is 23.0. The molecule has 0 radical (unpaired) electrons. The molecule has 2 amide bonds. The van der Waals surface area contributed by atoms with Gasteiger partial charge in [0.2, 0.25) is 0 Å². The van der Waals surface area contributed by atoms with Gasteiger partial charge < -0.3 is 0 Å². The van der Waals surface area contributed by atoms with Gasteiger partial charge in [-0.25, -0.2) is 5.01 Å².